The highest BCUT2D eigenvalue weighted by Crippen LogP contribution is 2.22. The van der Waals surface area contributed by atoms with E-state index in [-0.39, 0.29) is 12.1 Å². The SMILES string of the molecule is O=C1CCCN1C1CC(CCN2CCCC2)=NO1. The Morgan fingerprint density at radius 1 is 1.22 bits per heavy atom. The van der Waals surface area contributed by atoms with E-state index in [1.165, 1.54) is 25.9 Å². The number of amides is 1. The molecule has 100 valence electrons. The van der Waals surface area contributed by atoms with Crippen LogP contribution in [-0.2, 0) is 9.63 Å². The molecule has 2 saturated heterocycles. The van der Waals surface area contributed by atoms with Crippen LogP contribution in [0, 0.1) is 0 Å². The Morgan fingerprint density at radius 3 is 2.78 bits per heavy atom. The lowest BCUT2D eigenvalue weighted by molar-refractivity contribution is -0.138. The van der Waals surface area contributed by atoms with Crippen molar-refractivity contribution >= 4 is 11.6 Å². The van der Waals surface area contributed by atoms with E-state index < -0.39 is 0 Å². The van der Waals surface area contributed by atoms with Crippen LogP contribution >= 0.6 is 0 Å². The van der Waals surface area contributed by atoms with Crippen LogP contribution in [0.3, 0.4) is 0 Å². The largest absolute Gasteiger partial charge is 0.370 e. The van der Waals surface area contributed by atoms with Crippen LogP contribution in [-0.4, -0.2) is 53.8 Å². The van der Waals surface area contributed by atoms with Crippen molar-refractivity contribution in [1.82, 2.24) is 9.80 Å². The van der Waals surface area contributed by atoms with Gasteiger partial charge in [-0.3, -0.25) is 4.79 Å². The number of likely N-dealkylation sites (tertiary alicyclic amines) is 2. The van der Waals surface area contributed by atoms with Gasteiger partial charge in [0, 0.05) is 32.4 Å². The van der Waals surface area contributed by atoms with E-state index in [9.17, 15) is 4.79 Å². The molecule has 18 heavy (non-hydrogen) atoms. The molecule has 0 aromatic rings. The quantitative estimate of drug-likeness (QED) is 0.754. The van der Waals surface area contributed by atoms with Crippen LogP contribution < -0.4 is 0 Å². The number of hydrogen-bond donors (Lipinski definition) is 0. The van der Waals surface area contributed by atoms with E-state index in [2.05, 4.69) is 10.1 Å². The van der Waals surface area contributed by atoms with Gasteiger partial charge < -0.3 is 14.6 Å². The summed E-state index contributed by atoms with van der Waals surface area (Å²) >= 11 is 0. The number of hydrogen-bond acceptors (Lipinski definition) is 4. The molecule has 0 N–H and O–H groups in total. The van der Waals surface area contributed by atoms with Crippen molar-refractivity contribution in [3.8, 4) is 0 Å². The third kappa shape index (κ3) is 2.51. The molecule has 5 heteroatoms. The van der Waals surface area contributed by atoms with Crippen molar-refractivity contribution in [2.45, 2.75) is 44.8 Å². The summed E-state index contributed by atoms with van der Waals surface area (Å²) in [5.41, 5.74) is 1.12. The van der Waals surface area contributed by atoms with Crippen LogP contribution in [0.25, 0.3) is 0 Å². The summed E-state index contributed by atoms with van der Waals surface area (Å²) in [5.74, 6) is 0.219. The molecule has 0 bridgehead atoms. The highest BCUT2D eigenvalue weighted by Gasteiger charge is 2.33. The first-order chi connectivity index (χ1) is 8.83. The average molecular weight is 251 g/mol. The molecule has 1 atom stereocenters. The predicted molar refractivity (Wildman–Crippen MR) is 68.2 cm³/mol. The minimum atomic E-state index is -0.117. The molecule has 1 unspecified atom stereocenters. The molecule has 3 rings (SSSR count). The first kappa shape index (κ1) is 12.0. The van der Waals surface area contributed by atoms with Crippen molar-refractivity contribution in [3.63, 3.8) is 0 Å². The second kappa shape index (κ2) is 5.26. The van der Waals surface area contributed by atoms with Gasteiger partial charge in [0.15, 0.2) is 0 Å². The Morgan fingerprint density at radius 2 is 2.06 bits per heavy atom. The molecular weight excluding hydrogens is 230 g/mol. The van der Waals surface area contributed by atoms with Gasteiger partial charge in [0.25, 0.3) is 0 Å². The van der Waals surface area contributed by atoms with E-state index in [1.54, 1.807) is 0 Å². The van der Waals surface area contributed by atoms with Crippen molar-refractivity contribution in [2.24, 2.45) is 5.16 Å². The normalized spacial score (nSPS) is 28.9. The Hall–Kier alpha value is -1.10. The van der Waals surface area contributed by atoms with E-state index in [0.29, 0.717) is 6.42 Å². The molecule has 2 fully saturated rings. The van der Waals surface area contributed by atoms with Crippen molar-refractivity contribution < 1.29 is 9.63 Å². The van der Waals surface area contributed by atoms with Gasteiger partial charge in [-0.05, 0) is 32.4 Å². The maximum absolute atomic E-state index is 11.6. The molecule has 0 radical (unpaired) electrons. The zero-order valence-electron chi connectivity index (χ0n) is 10.8. The lowest BCUT2D eigenvalue weighted by atomic mass is 10.2. The number of carbonyl (C=O) groups is 1. The summed E-state index contributed by atoms with van der Waals surface area (Å²) in [6.07, 6.45) is 5.96. The molecule has 0 aromatic carbocycles. The number of oxime groups is 1. The van der Waals surface area contributed by atoms with E-state index in [0.717, 1.165) is 38.1 Å². The lowest BCUT2D eigenvalue weighted by Gasteiger charge is -2.21. The van der Waals surface area contributed by atoms with Gasteiger partial charge in [-0.25, -0.2) is 0 Å². The predicted octanol–water partition coefficient (Wildman–Crippen LogP) is 1.20. The van der Waals surface area contributed by atoms with Gasteiger partial charge in [-0.1, -0.05) is 5.16 Å². The Labute approximate surface area is 108 Å². The fourth-order valence-corrected chi connectivity index (χ4v) is 2.99. The third-order valence-electron chi connectivity index (χ3n) is 4.09. The zero-order valence-corrected chi connectivity index (χ0v) is 10.8. The summed E-state index contributed by atoms with van der Waals surface area (Å²) in [5, 5.41) is 4.15. The Balaban J connectivity index is 1.44. The second-order valence-corrected chi connectivity index (χ2v) is 5.41. The standard InChI is InChI=1S/C13H21N3O2/c17-12-4-3-8-16(12)13-10-11(14-18-13)5-9-15-6-1-2-7-15/h13H,1-10H2. The summed E-state index contributed by atoms with van der Waals surface area (Å²) in [6.45, 7) is 4.37. The maximum atomic E-state index is 11.6. The fraction of sp³-hybridized carbons (Fsp3) is 0.846. The Bertz CT molecular complexity index is 350. The van der Waals surface area contributed by atoms with Gasteiger partial charge in [0.2, 0.25) is 12.1 Å². The first-order valence-corrected chi connectivity index (χ1v) is 7.06. The van der Waals surface area contributed by atoms with Crippen LogP contribution in [0.2, 0.25) is 0 Å². The van der Waals surface area contributed by atoms with Crippen molar-refractivity contribution in [2.75, 3.05) is 26.2 Å². The van der Waals surface area contributed by atoms with Gasteiger partial charge in [0.1, 0.15) is 0 Å². The minimum absolute atomic E-state index is 0.117. The van der Waals surface area contributed by atoms with Crippen LogP contribution in [0.1, 0.15) is 38.5 Å². The first-order valence-electron chi connectivity index (χ1n) is 7.06. The van der Waals surface area contributed by atoms with Crippen LogP contribution in [0.15, 0.2) is 5.16 Å². The molecule has 5 nitrogen and oxygen atoms in total. The summed E-state index contributed by atoms with van der Waals surface area (Å²) in [4.78, 5) is 21.4. The number of rotatable bonds is 4. The summed E-state index contributed by atoms with van der Waals surface area (Å²) < 4.78 is 0. The molecule has 0 aliphatic carbocycles. The molecule has 3 heterocycles. The van der Waals surface area contributed by atoms with Crippen molar-refractivity contribution in [3.05, 3.63) is 0 Å². The molecule has 0 spiro atoms. The zero-order chi connectivity index (χ0) is 12.4. The van der Waals surface area contributed by atoms with Gasteiger partial charge in [0.05, 0.1) is 5.71 Å². The van der Waals surface area contributed by atoms with Gasteiger partial charge in [-0.2, -0.15) is 0 Å². The minimum Gasteiger partial charge on any atom is -0.370 e. The van der Waals surface area contributed by atoms with Gasteiger partial charge >= 0.3 is 0 Å². The second-order valence-electron chi connectivity index (χ2n) is 5.41. The summed E-state index contributed by atoms with van der Waals surface area (Å²) in [7, 11) is 0. The molecule has 0 aromatic heterocycles. The number of carbonyl (C=O) groups excluding carboxylic acids is 1. The van der Waals surface area contributed by atoms with E-state index in [4.69, 9.17) is 4.84 Å². The van der Waals surface area contributed by atoms with Crippen molar-refractivity contribution in [1.29, 1.82) is 0 Å². The van der Waals surface area contributed by atoms with Crippen LogP contribution in [0.4, 0.5) is 0 Å². The smallest absolute Gasteiger partial charge is 0.225 e. The maximum Gasteiger partial charge on any atom is 0.225 e. The molecule has 0 saturated carbocycles. The third-order valence-corrected chi connectivity index (χ3v) is 4.09. The topological polar surface area (TPSA) is 45.1 Å². The Kier molecular flexibility index (Phi) is 3.50. The van der Waals surface area contributed by atoms with Gasteiger partial charge in [-0.15, -0.1) is 0 Å². The highest BCUT2D eigenvalue weighted by molar-refractivity contribution is 5.86. The molecule has 1 amide bonds. The average Bonchev–Trinajstić information content (AvgIpc) is 3.07. The number of nitrogens with zero attached hydrogens (tertiary/aromatic N) is 3. The molecular formula is C13H21N3O2. The highest BCUT2D eigenvalue weighted by atomic mass is 16.7. The molecule has 3 aliphatic heterocycles. The monoisotopic (exact) mass is 251 g/mol. The summed E-state index contributed by atoms with van der Waals surface area (Å²) in [6, 6.07) is 0. The fourth-order valence-electron chi connectivity index (χ4n) is 2.99. The molecule has 3 aliphatic rings. The van der Waals surface area contributed by atoms with E-state index in [1.807, 2.05) is 4.90 Å². The van der Waals surface area contributed by atoms with Crippen LogP contribution in [0.5, 0.6) is 0 Å². The lowest BCUT2D eigenvalue weighted by Crippen LogP contribution is -2.36. The van der Waals surface area contributed by atoms with E-state index >= 15 is 0 Å².